The van der Waals surface area contributed by atoms with Gasteiger partial charge in [0.1, 0.15) is 5.69 Å². The van der Waals surface area contributed by atoms with E-state index in [2.05, 4.69) is 15.2 Å². The van der Waals surface area contributed by atoms with Crippen molar-refractivity contribution in [1.29, 1.82) is 0 Å². The molecule has 0 unspecified atom stereocenters. The molecule has 0 atom stereocenters. The lowest BCUT2D eigenvalue weighted by atomic mass is 10.3. The van der Waals surface area contributed by atoms with Crippen molar-refractivity contribution in [3.8, 4) is 11.6 Å². The molecule has 0 amide bonds. The average molecular weight is 239 g/mol. The van der Waals surface area contributed by atoms with E-state index in [4.69, 9.17) is 9.52 Å². The summed E-state index contributed by atoms with van der Waals surface area (Å²) in [6.07, 6.45) is 0.225. The van der Waals surface area contributed by atoms with E-state index < -0.39 is 5.97 Å². The Bertz CT molecular complexity index is 506. The third kappa shape index (κ3) is 2.43. The highest BCUT2D eigenvalue weighted by molar-refractivity contribution is 7.09. The molecule has 0 saturated heterocycles. The zero-order chi connectivity index (χ0) is 11.5. The van der Waals surface area contributed by atoms with Gasteiger partial charge in [0.25, 0.3) is 5.89 Å². The predicted octanol–water partition coefficient (Wildman–Crippen LogP) is 1.52. The second-order valence-electron chi connectivity index (χ2n) is 3.15. The van der Waals surface area contributed by atoms with Crippen LogP contribution in [-0.4, -0.2) is 26.3 Å². The maximum absolute atomic E-state index is 10.4. The molecule has 0 saturated carbocycles. The van der Waals surface area contributed by atoms with E-state index in [1.54, 1.807) is 0 Å². The van der Waals surface area contributed by atoms with Gasteiger partial charge in [0, 0.05) is 11.8 Å². The van der Waals surface area contributed by atoms with Gasteiger partial charge >= 0.3 is 5.97 Å². The number of carboxylic acids is 1. The molecule has 2 rings (SSSR count). The Hall–Kier alpha value is -1.76. The fraction of sp³-hybridized carbons (Fsp3) is 0.333. The molecule has 0 radical (unpaired) electrons. The van der Waals surface area contributed by atoms with Crippen LogP contribution in [0.3, 0.4) is 0 Å². The molecule has 1 N–H and O–H groups in total. The first kappa shape index (κ1) is 10.7. The van der Waals surface area contributed by atoms with Crippen LogP contribution >= 0.6 is 11.3 Å². The summed E-state index contributed by atoms with van der Waals surface area (Å²) in [5, 5.41) is 18.8. The molecule has 2 aromatic rings. The van der Waals surface area contributed by atoms with Crippen LogP contribution < -0.4 is 0 Å². The van der Waals surface area contributed by atoms with E-state index in [-0.39, 0.29) is 12.8 Å². The van der Waals surface area contributed by atoms with Crippen molar-refractivity contribution in [2.45, 2.75) is 19.8 Å². The van der Waals surface area contributed by atoms with Gasteiger partial charge in [-0.25, -0.2) is 4.98 Å². The summed E-state index contributed by atoms with van der Waals surface area (Å²) in [5.74, 6) is -0.225. The van der Waals surface area contributed by atoms with Crippen molar-refractivity contribution in [1.82, 2.24) is 15.2 Å². The SMILES string of the molecule is Cc1nc(-c2nnc(CCC(=O)O)o2)cs1. The van der Waals surface area contributed by atoms with E-state index in [1.807, 2.05) is 12.3 Å². The topological polar surface area (TPSA) is 89.1 Å². The standard InChI is InChI=1S/C9H9N3O3S/c1-5-10-6(4-16-5)9-12-11-7(15-9)2-3-8(13)14/h4H,2-3H2,1H3,(H,13,14). The van der Waals surface area contributed by atoms with E-state index in [1.165, 1.54) is 11.3 Å². The number of aryl methyl sites for hydroxylation is 2. The van der Waals surface area contributed by atoms with Crippen LogP contribution in [0.5, 0.6) is 0 Å². The second kappa shape index (κ2) is 4.40. The molecule has 7 heteroatoms. The summed E-state index contributed by atoms with van der Waals surface area (Å²) in [4.78, 5) is 14.5. The van der Waals surface area contributed by atoms with Gasteiger partial charge in [-0.1, -0.05) is 0 Å². The van der Waals surface area contributed by atoms with Crippen molar-refractivity contribution in [2.75, 3.05) is 0 Å². The van der Waals surface area contributed by atoms with E-state index in [0.717, 1.165) is 5.01 Å². The monoisotopic (exact) mass is 239 g/mol. The number of hydrogen-bond acceptors (Lipinski definition) is 6. The Morgan fingerprint density at radius 3 is 3.00 bits per heavy atom. The highest BCUT2D eigenvalue weighted by Gasteiger charge is 2.11. The Labute approximate surface area is 95.0 Å². The molecule has 0 aromatic carbocycles. The summed E-state index contributed by atoms with van der Waals surface area (Å²) < 4.78 is 5.29. The van der Waals surface area contributed by atoms with Gasteiger partial charge in [-0.15, -0.1) is 21.5 Å². The number of nitrogens with zero attached hydrogens (tertiary/aromatic N) is 3. The molecule has 2 heterocycles. The molecule has 0 aliphatic carbocycles. The van der Waals surface area contributed by atoms with Gasteiger partial charge in [-0.05, 0) is 6.92 Å². The first-order valence-electron chi connectivity index (χ1n) is 4.62. The largest absolute Gasteiger partial charge is 0.481 e. The fourth-order valence-electron chi connectivity index (χ4n) is 1.13. The van der Waals surface area contributed by atoms with E-state index in [9.17, 15) is 4.79 Å². The molecular formula is C9H9N3O3S. The minimum atomic E-state index is -0.885. The van der Waals surface area contributed by atoms with Crippen molar-refractivity contribution >= 4 is 17.3 Å². The normalized spacial score (nSPS) is 10.6. The van der Waals surface area contributed by atoms with E-state index in [0.29, 0.717) is 17.5 Å². The summed E-state index contributed by atoms with van der Waals surface area (Å²) in [6.45, 7) is 1.88. The second-order valence-corrected chi connectivity index (χ2v) is 4.21. The maximum atomic E-state index is 10.4. The molecule has 0 fully saturated rings. The Balaban J connectivity index is 2.10. The summed E-state index contributed by atoms with van der Waals surface area (Å²) in [7, 11) is 0. The summed E-state index contributed by atoms with van der Waals surface area (Å²) in [5.41, 5.74) is 0.636. The number of aliphatic carboxylic acids is 1. The van der Waals surface area contributed by atoms with Gasteiger partial charge in [0.2, 0.25) is 5.89 Å². The zero-order valence-corrected chi connectivity index (χ0v) is 9.32. The van der Waals surface area contributed by atoms with Crippen LogP contribution in [0.25, 0.3) is 11.6 Å². The molecular weight excluding hydrogens is 230 g/mol. The number of rotatable bonds is 4. The van der Waals surface area contributed by atoms with Crippen molar-refractivity contribution in [3.05, 3.63) is 16.3 Å². The third-order valence-electron chi connectivity index (χ3n) is 1.86. The fourth-order valence-corrected chi connectivity index (χ4v) is 1.72. The molecule has 84 valence electrons. The number of hydrogen-bond donors (Lipinski definition) is 1. The Morgan fingerprint density at radius 2 is 2.38 bits per heavy atom. The minimum absolute atomic E-state index is 0.0161. The lowest BCUT2D eigenvalue weighted by molar-refractivity contribution is -0.137. The van der Waals surface area contributed by atoms with Gasteiger partial charge in [-0.2, -0.15) is 0 Å². The quantitative estimate of drug-likeness (QED) is 0.870. The van der Waals surface area contributed by atoms with E-state index >= 15 is 0 Å². The van der Waals surface area contributed by atoms with Crippen molar-refractivity contribution < 1.29 is 14.3 Å². The first-order chi connectivity index (χ1) is 7.65. The zero-order valence-electron chi connectivity index (χ0n) is 8.51. The highest BCUT2D eigenvalue weighted by Crippen LogP contribution is 2.20. The van der Waals surface area contributed by atoms with Gasteiger partial charge in [0.05, 0.1) is 11.4 Å². The predicted molar refractivity (Wildman–Crippen MR) is 56.1 cm³/mol. The molecule has 6 nitrogen and oxygen atoms in total. The minimum Gasteiger partial charge on any atom is -0.481 e. The number of thiazole rings is 1. The van der Waals surface area contributed by atoms with Crippen LogP contribution in [0.15, 0.2) is 9.80 Å². The third-order valence-corrected chi connectivity index (χ3v) is 2.63. The van der Waals surface area contributed by atoms with Crippen LogP contribution in [0.1, 0.15) is 17.3 Å². The Kier molecular flexibility index (Phi) is 2.95. The number of carbonyl (C=O) groups is 1. The lowest BCUT2D eigenvalue weighted by Gasteiger charge is -1.88. The first-order valence-corrected chi connectivity index (χ1v) is 5.50. The molecule has 0 spiro atoms. The van der Waals surface area contributed by atoms with Gasteiger partial charge < -0.3 is 9.52 Å². The van der Waals surface area contributed by atoms with Gasteiger partial charge in [0.15, 0.2) is 0 Å². The molecule has 0 aliphatic heterocycles. The van der Waals surface area contributed by atoms with Crippen molar-refractivity contribution in [2.24, 2.45) is 0 Å². The molecule has 0 bridgehead atoms. The van der Waals surface area contributed by atoms with Crippen LogP contribution in [0, 0.1) is 6.92 Å². The van der Waals surface area contributed by atoms with Gasteiger partial charge in [-0.3, -0.25) is 4.79 Å². The van der Waals surface area contributed by atoms with Crippen LogP contribution in [-0.2, 0) is 11.2 Å². The number of aromatic nitrogens is 3. The molecule has 16 heavy (non-hydrogen) atoms. The van der Waals surface area contributed by atoms with Crippen LogP contribution in [0.4, 0.5) is 0 Å². The highest BCUT2D eigenvalue weighted by atomic mass is 32.1. The van der Waals surface area contributed by atoms with Crippen LogP contribution in [0.2, 0.25) is 0 Å². The lowest BCUT2D eigenvalue weighted by Crippen LogP contribution is -1.97. The average Bonchev–Trinajstić information content (AvgIpc) is 2.83. The maximum Gasteiger partial charge on any atom is 0.303 e. The molecule has 0 aliphatic rings. The number of carboxylic acid groups (broad SMARTS) is 1. The smallest absolute Gasteiger partial charge is 0.303 e. The summed E-state index contributed by atoms with van der Waals surface area (Å²) >= 11 is 1.49. The van der Waals surface area contributed by atoms with Crippen molar-refractivity contribution in [3.63, 3.8) is 0 Å². The summed E-state index contributed by atoms with van der Waals surface area (Å²) in [6, 6.07) is 0. The molecule has 2 aromatic heterocycles. The Morgan fingerprint density at radius 1 is 1.56 bits per heavy atom.